The van der Waals surface area contributed by atoms with E-state index in [1.54, 1.807) is 0 Å². The smallest absolute Gasteiger partial charge is 0.222 e. The Morgan fingerprint density at radius 3 is 2.67 bits per heavy atom. The summed E-state index contributed by atoms with van der Waals surface area (Å²) in [5, 5.41) is 6.75. The molecule has 0 aromatic heterocycles. The normalized spacial score (nSPS) is 17.8. The Kier molecular flexibility index (Phi) is 11.2. The highest BCUT2D eigenvalue weighted by Crippen LogP contribution is 2.13. The van der Waals surface area contributed by atoms with Crippen molar-refractivity contribution in [2.75, 3.05) is 26.2 Å². The molecule has 0 radical (unpaired) electrons. The summed E-state index contributed by atoms with van der Waals surface area (Å²) in [7, 11) is 0. The molecule has 6 nitrogen and oxygen atoms in total. The number of ether oxygens (including phenoxy) is 1. The Morgan fingerprint density at radius 2 is 2.04 bits per heavy atom. The van der Waals surface area contributed by atoms with E-state index in [2.05, 4.69) is 24.5 Å². The zero-order chi connectivity index (χ0) is 18.8. The Hall–Kier alpha value is -1.51. The van der Waals surface area contributed by atoms with E-state index in [0.717, 1.165) is 44.2 Å². The summed E-state index contributed by atoms with van der Waals surface area (Å²) in [5.74, 6) is 1.88. The number of benzene rings is 1. The van der Waals surface area contributed by atoms with E-state index in [9.17, 15) is 4.79 Å². The fraction of sp³-hybridized carbons (Fsp3) is 0.600. The number of guanidine groups is 1. The fourth-order valence-electron chi connectivity index (χ4n) is 2.98. The molecule has 1 aromatic carbocycles. The second-order valence-corrected chi connectivity index (χ2v) is 6.50. The minimum Gasteiger partial charge on any atom is -0.489 e. The lowest BCUT2D eigenvalue weighted by Crippen LogP contribution is -2.45. The van der Waals surface area contributed by atoms with Crippen LogP contribution in [0.1, 0.15) is 40.0 Å². The lowest BCUT2D eigenvalue weighted by molar-refractivity contribution is -0.129. The van der Waals surface area contributed by atoms with Crippen LogP contribution in [0.4, 0.5) is 0 Å². The first-order chi connectivity index (χ1) is 12.7. The van der Waals surface area contributed by atoms with Crippen LogP contribution in [0.25, 0.3) is 0 Å². The van der Waals surface area contributed by atoms with Gasteiger partial charge in [-0.05, 0) is 31.9 Å². The molecule has 0 saturated carbocycles. The van der Waals surface area contributed by atoms with Crippen LogP contribution in [-0.4, -0.2) is 55.1 Å². The zero-order valence-electron chi connectivity index (χ0n) is 16.6. The maximum atomic E-state index is 11.8. The third-order valence-corrected chi connectivity index (χ3v) is 4.48. The van der Waals surface area contributed by atoms with Gasteiger partial charge in [0.15, 0.2) is 5.96 Å². The number of nitrogens with zero attached hydrogens (tertiary/aromatic N) is 2. The van der Waals surface area contributed by atoms with Gasteiger partial charge in [0.05, 0.1) is 6.54 Å². The van der Waals surface area contributed by atoms with Crippen molar-refractivity contribution in [2.45, 2.75) is 52.2 Å². The maximum Gasteiger partial charge on any atom is 0.222 e. The van der Waals surface area contributed by atoms with Crippen LogP contribution in [0.5, 0.6) is 5.75 Å². The Labute approximate surface area is 180 Å². The minimum atomic E-state index is 0. The van der Waals surface area contributed by atoms with Crippen molar-refractivity contribution in [3.63, 3.8) is 0 Å². The molecule has 0 aliphatic carbocycles. The molecular formula is C20H33IN4O2. The van der Waals surface area contributed by atoms with Crippen LogP contribution in [-0.2, 0) is 4.79 Å². The van der Waals surface area contributed by atoms with Crippen LogP contribution in [0.2, 0.25) is 0 Å². The molecule has 1 fully saturated rings. The van der Waals surface area contributed by atoms with Crippen molar-refractivity contribution < 1.29 is 9.53 Å². The number of nitrogens with one attached hydrogen (secondary N) is 2. The molecule has 0 spiro atoms. The molecule has 2 rings (SSSR count). The first-order valence-corrected chi connectivity index (χ1v) is 9.70. The van der Waals surface area contributed by atoms with Crippen LogP contribution >= 0.6 is 24.0 Å². The van der Waals surface area contributed by atoms with Crippen LogP contribution in [0, 0.1) is 0 Å². The summed E-state index contributed by atoms with van der Waals surface area (Å²) >= 11 is 0. The monoisotopic (exact) mass is 488 g/mol. The molecule has 152 valence electrons. The van der Waals surface area contributed by atoms with Gasteiger partial charge in [-0.25, -0.2) is 4.99 Å². The van der Waals surface area contributed by atoms with Crippen molar-refractivity contribution in [1.82, 2.24) is 15.5 Å². The first-order valence-electron chi connectivity index (χ1n) is 9.70. The molecule has 1 saturated heterocycles. The third-order valence-electron chi connectivity index (χ3n) is 4.48. The maximum absolute atomic E-state index is 11.8. The van der Waals surface area contributed by atoms with Gasteiger partial charge in [-0.2, -0.15) is 0 Å². The molecule has 2 N–H and O–H groups in total. The van der Waals surface area contributed by atoms with Crippen molar-refractivity contribution in [2.24, 2.45) is 4.99 Å². The topological polar surface area (TPSA) is 66.0 Å². The summed E-state index contributed by atoms with van der Waals surface area (Å²) < 4.78 is 6.01. The molecule has 1 heterocycles. The van der Waals surface area contributed by atoms with Crippen molar-refractivity contribution in [3.8, 4) is 5.75 Å². The summed E-state index contributed by atoms with van der Waals surface area (Å²) in [6.45, 7) is 9.02. The number of carbonyl (C=O) groups is 1. The number of hydrogen-bond donors (Lipinski definition) is 2. The fourth-order valence-corrected chi connectivity index (χ4v) is 2.98. The Morgan fingerprint density at radius 1 is 1.30 bits per heavy atom. The zero-order valence-corrected chi connectivity index (χ0v) is 18.9. The summed E-state index contributed by atoms with van der Waals surface area (Å²) in [6, 6.07) is 10.1. The van der Waals surface area contributed by atoms with E-state index >= 15 is 0 Å². The first kappa shape index (κ1) is 23.5. The van der Waals surface area contributed by atoms with Crippen molar-refractivity contribution in [1.29, 1.82) is 0 Å². The number of aliphatic imine (C=N–C) groups is 1. The molecule has 2 atom stereocenters. The lowest BCUT2D eigenvalue weighted by atomic mass is 10.2. The molecule has 1 aliphatic rings. The molecule has 2 unspecified atom stereocenters. The molecule has 1 amide bonds. The highest BCUT2D eigenvalue weighted by Gasteiger charge is 2.25. The third kappa shape index (κ3) is 7.94. The highest BCUT2D eigenvalue weighted by atomic mass is 127. The number of amides is 1. The van der Waals surface area contributed by atoms with Gasteiger partial charge in [0.1, 0.15) is 11.9 Å². The molecular weight excluding hydrogens is 455 g/mol. The van der Waals surface area contributed by atoms with Crippen LogP contribution in [0.15, 0.2) is 35.3 Å². The van der Waals surface area contributed by atoms with Gasteiger partial charge in [0, 0.05) is 32.1 Å². The molecule has 7 heteroatoms. The Balaban J connectivity index is 0.00000364. The number of likely N-dealkylation sites (tertiary alicyclic amines) is 1. The summed E-state index contributed by atoms with van der Waals surface area (Å²) in [6.07, 6.45) is 2.44. The summed E-state index contributed by atoms with van der Waals surface area (Å²) in [5.41, 5.74) is 0. The molecule has 1 aliphatic heterocycles. The predicted octanol–water partition coefficient (Wildman–Crippen LogP) is 3.03. The van der Waals surface area contributed by atoms with Gasteiger partial charge >= 0.3 is 0 Å². The van der Waals surface area contributed by atoms with Crippen LogP contribution < -0.4 is 15.4 Å². The lowest BCUT2D eigenvalue weighted by Gasteiger charge is -2.20. The summed E-state index contributed by atoms with van der Waals surface area (Å²) in [4.78, 5) is 18.5. The van der Waals surface area contributed by atoms with Crippen molar-refractivity contribution in [3.05, 3.63) is 30.3 Å². The number of carbonyl (C=O) groups excluding carboxylic acids is 1. The van der Waals surface area contributed by atoms with E-state index in [0.29, 0.717) is 13.0 Å². The number of halogens is 1. The highest BCUT2D eigenvalue weighted by molar-refractivity contribution is 14.0. The van der Waals surface area contributed by atoms with E-state index in [1.165, 1.54) is 0 Å². The number of hydrogen-bond acceptors (Lipinski definition) is 3. The van der Waals surface area contributed by atoms with E-state index in [1.807, 2.05) is 42.2 Å². The number of rotatable bonds is 8. The average molecular weight is 488 g/mol. The molecule has 0 bridgehead atoms. The largest absolute Gasteiger partial charge is 0.489 e. The second kappa shape index (κ2) is 12.8. The van der Waals surface area contributed by atoms with Gasteiger partial charge in [0.25, 0.3) is 0 Å². The predicted molar refractivity (Wildman–Crippen MR) is 121 cm³/mol. The number of para-hydroxylation sites is 1. The van der Waals surface area contributed by atoms with Gasteiger partial charge in [-0.15, -0.1) is 24.0 Å². The molecule has 1 aromatic rings. The Bertz CT molecular complexity index is 583. The van der Waals surface area contributed by atoms with Gasteiger partial charge in [-0.1, -0.05) is 32.0 Å². The second-order valence-electron chi connectivity index (χ2n) is 6.50. The van der Waals surface area contributed by atoms with E-state index < -0.39 is 0 Å². The van der Waals surface area contributed by atoms with E-state index in [-0.39, 0.29) is 42.0 Å². The standard InChI is InChI=1S/C20H32N4O2.HI/c1-4-17(26-18-10-8-7-9-11-18)14-22-20(21-6-3)23-16-12-13-24(15-16)19(25)5-2;/h7-11,16-17H,4-6,12-15H2,1-3H3,(H2,21,22,23);1H. The van der Waals surface area contributed by atoms with Gasteiger partial charge in [0.2, 0.25) is 5.91 Å². The van der Waals surface area contributed by atoms with Crippen molar-refractivity contribution >= 4 is 35.8 Å². The van der Waals surface area contributed by atoms with Gasteiger partial charge < -0.3 is 20.3 Å². The van der Waals surface area contributed by atoms with Gasteiger partial charge in [-0.3, -0.25) is 4.79 Å². The quantitative estimate of drug-likeness (QED) is 0.336. The molecule has 27 heavy (non-hydrogen) atoms. The minimum absolute atomic E-state index is 0. The van der Waals surface area contributed by atoms with E-state index in [4.69, 9.17) is 9.73 Å². The average Bonchev–Trinajstić information content (AvgIpc) is 3.13. The van der Waals surface area contributed by atoms with Crippen LogP contribution in [0.3, 0.4) is 0 Å². The SMILES string of the molecule is CCNC(=NCC(CC)Oc1ccccc1)NC1CCN(C(=O)CC)C1.I.